The number of benzene rings is 3. The molecule has 0 saturated carbocycles. The molecule has 0 saturated heterocycles. The minimum Gasteiger partial charge on any atom is -0.478 e. The maximum atomic E-state index is 13.1. The summed E-state index contributed by atoms with van der Waals surface area (Å²) in [6.07, 6.45) is 1.46. The second-order valence-corrected chi connectivity index (χ2v) is 9.08. The van der Waals surface area contributed by atoms with Crippen LogP contribution in [0.5, 0.6) is 0 Å². The van der Waals surface area contributed by atoms with Gasteiger partial charge < -0.3 is 15.7 Å². The van der Waals surface area contributed by atoms with E-state index in [-0.39, 0.29) is 22.3 Å². The van der Waals surface area contributed by atoms with Crippen molar-refractivity contribution in [3.8, 4) is 0 Å². The lowest BCUT2D eigenvalue weighted by molar-refractivity contribution is -0.115. The molecule has 0 fully saturated rings. The van der Waals surface area contributed by atoms with Crippen molar-refractivity contribution in [3.63, 3.8) is 0 Å². The van der Waals surface area contributed by atoms with Crippen molar-refractivity contribution in [2.45, 2.75) is 43.8 Å². The van der Waals surface area contributed by atoms with Crippen LogP contribution in [0.1, 0.15) is 52.1 Å². The molecular weight excluding hydrogens is 448 g/mol. The number of carboxylic acids is 1. The van der Waals surface area contributed by atoms with Gasteiger partial charge in [-0.25, -0.2) is 4.79 Å². The van der Waals surface area contributed by atoms with E-state index in [1.54, 1.807) is 30.3 Å². The minimum atomic E-state index is -1.16. The molecule has 176 valence electrons. The predicted octanol–water partition coefficient (Wildman–Crippen LogP) is 6.02. The third-order valence-electron chi connectivity index (χ3n) is 5.42. The summed E-state index contributed by atoms with van der Waals surface area (Å²) in [5.74, 6) is -1.73. The van der Waals surface area contributed by atoms with Gasteiger partial charge in [-0.05, 0) is 61.2 Å². The molecule has 1 unspecified atom stereocenters. The van der Waals surface area contributed by atoms with E-state index >= 15 is 0 Å². The number of hydrogen-bond acceptors (Lipinski definition) is 4. The zero-order valence-electron chi connectivity index (χ0n) is 19.4. The van der Waals surface area contributed by atoms with Crippen molar-refractivity contribution in [3.05, 3.63) is 89.0 Å². The van der Waals surface area contributed by atoms with Crippen LogP contribution in [-0.2, 0) is 11.2 Å². The van der Waals surface area contributed by atoms with Gasteiger partial charge >= 0.3 is 5.97 Å². The molecule has 0 aliphatic rings. The van der Waals surface area contributed by atoms with E-state index in [9.17, 15) is 19.5 Å². The third-order valence-corrected chi connectivity index (χ3v) is 6.78. The van der Waals surface area contributed by atoms with E-state index in [0.29, 0.717) is 12.1 Å². The van der Waals surface area contributed by atoms with E-state index in [1.165, 1.54) is 23.9 Å². The van der Waals surface area contributed by atoms with Crippen molar-refractivity contribution in [2.24, 2.45) is 0 Å². The molecule has 3 N–H and O–H groups in total. The first kappa shape index (κ1) is 25.1. The van der Waals surface area contributed by atoms with Gasteiger partial charge in [-0.1, -0.05) is 50.2 Å². The Hall–Kier alpha value is -3.58. The Morgan fingerprint density at radius 3 is 2.29 bits per heavy atom. The fourth-order valence-electron chi connectivity index (χ4n) is 3.61. The zero-order chi connectivity index (χ0) is 24.7. The number of amides is 2. The first-order valence-corrected chi connectivity index (χ1v) is 12.0. The monoisotopic (exact) mass is 476 g/mol. The Balaban J connectivity index is 1.73. The lowest BCUT2D eigenvalue weighted by Crippen LogP contribution is -2.25. The van der Waals surface area contributed by atoms with Gasteiger partial charge in [0, 0.05) is 16.3 Å². The minimum absolute atomic E-state index is 0.0594. The van der Waals surface area contributed by atoms with Crippen LogP contribution in [0.15, 0.2) is 71.6 Å². The smallest absolute Gasteiger partial charge is 0.336 e. The number of hydrogen-bond donors (Lipinski definition) is 3. The maximum Gasteiger partial charge on any atom is 0.336 e. The van der Waals surface area contributed by atoms with Crippen molar-refractivity contribution < 1.29 is 19.5 Å². The summed E-state index contributed by atoms with van der Waals surface area (Å²) in [4.78, 5) is 38.0. The second kappa shape index (κ2) is 11.5. The van der Waals surface area contributed by atoms with E-state index < -0.39 is 11.9 Å². The number of nitrogens with one attached hydrogen (secondary N) is 2. The highest BCUT2D eigenvalue weighted by atomic mass is 32.2. The molecule has 34 heavy (non-hydrogen) atoms. The number of anilines is 2. The standard InChI is InChI=1S/C27H28N2O4S/c1-4-18-11-8-10-17(3)24(18)29-26(31)23(5-2)34-20-13-9-12-19(16-20)28-25(30)21-14-6-7-15-22(21)27(32)33/h6-16,23H,4-5H2,1-3H3,(H,28,30)(H,29,31)(H,32,33). The lowest BCUT2D eigenvalue weighted by atomic mass is 10.1. The van der Waals surface area contributed by atoms with Crippen LogP contribution < -0.4 is 10.6 Å². The molecule has 6 nitrogen and oxygen atoms in total. The molecule has 0 heterocycles. The summed E-state index contributed by atoms with van der Waals surface area (Å²) in [6, 6.07) is 19.3. The Kier molecular flexibility index (Phi) is 8.49. The normalized spacial score (nSPS) is 11.5. The highest BCUT2D eigenvalue weighted by molar-refractivity contribution is 8.00. The van der Waals surface area contributed by atoms with Crippen LogP contribution in [0.3, 0.4) is 0 Å². The number of rotatable bonds is 9. The Morgan fingerprint density at radius 2 is 1.62 bits per heavy atom. The van der Waals surface area contributed by atoms with Crippen LogP contribution in [0.25, 0.3) is 0 Å². The number of carbonyl (C=O) groups is 3. The molecule has 0 spiro atoms. The molecule has 3 aromatic rings. The summed E-state index contributed by atoms with van der Waals surface area (Å²) in [7, 11) is 0. The van der Waals surface area contributed by atoms with Crippen LogP contribution in [0, 0.1) is 6.92 Å². The van der Waals surface area contributed by atoms with Crippen molar-refractivity contribution in [1.82, 2.24) is 0 Å². The fourth-order valence-corrected chi connectivity index (χ4v) is 4.62. The predicted molar refractivity (Wildman–Crippen MR) is 137 cm³/mol. The maximum absolute atomic E-state index is 13.1. The first-order valence-electron chi connectivity index (χ1n) is 11.1. The topological polar surface area (TPSA) is 95.5 Å². The zero-order valence-corrected chi connectivity index (χ0v) is 20.2. The number of para-hydroxylation sites is 1. The van der Waals surface area contributed by atoms with Gasteiger partial charge in [0.25, 0.3) is 5.91 Å². The average molecular weight is 477 g/mol. The van der Waals surface area contributed by atoms with Crippen molar-refractivity contribution in [2.75, 3.05) is 10.6 Å². The number of aromatic carboxylic acids is 1. The highest BCUT2D eigenvalue weighted by Gasteiger charge is 2.20. The van der Waals surface area contributed by atoms with Gasteiger partial charge in [-0.2, -0.15) is 0 Å². The summed E-state index contributed by atoms with van der Waals surface area (Å²) >= 11 is 1.42. The van der Waals surface area contributed by atoms with Gasteiger partial charge in [0.15, 0.2) is 0 Å². The molecule has 2 amide bonds. The molecule has 0 aliphatic carbocycles. The van der Waals surface area contributed by atoms with Gasteiger partial charge in [0.05, 0.1) is 16.4 Å². The van der Waals surface area contributed by atoms with E-state index in [4.69, 9.17) is 0 Å². The summed E-state index contributed by atoms with van der Waals surface area (Å²) in [6.45, 7) is 6.01. The first-order chi connectivity index (χ1) is 16.3. The summed E-state index contributed by atoms with van der Waals surface area (Å²) in [5, 5.41) is 14.9. The average Bonchev–Trinajstić information content (AvgIpc) is 2.83. The molecule has 1 atom stereocenters. The number of thioether (sulfide) groups is 1. The van der Waals surface area contributed by atoms with Crippen molar-refractivity contribution in [1.29, 1.82) is 0 Å². The van der Waals surface area contributed by atoms with Crippen LogP contribution in [-0.4, -0.2) is 28.1 Å². The second-order valence-electron chi connectivity index (χ2n) is 7.80. The Morgan fingerprint density at radius 1 is 0.912 bits per heavy atom. The largest absolute Gasteiger partial charge is 0.478 e. The molecule has 0 aromatic heterocycles. The van der Waals surface area contributed by atoms with Gasteiger partial charge in [-0.3, -0.25) is 9.59 Å². The lowest BCUT2D eigenvalue weighted by Gasteiger charge is -2.18. The summed E-state index contributed by atoms with van der Waals surface area (Å²) < 4.78 is 0. The van der Waals surface area contributed by atoms with E-state index in [1.807, 2.05) is 38.1 Å². The quantitative estimate of drug-likeness (QED) is 0.328. The van der Waals surface area contributed by atoms with Crippen LogP contribution in [0.2, 0.25) is 0 Å². The molecule has 3 aromatic carbocycles. The van der Waals surface area contributed by atoms with Crippen LogP contribution >= 0.6 is 11.8 Å². The molecule has 0 aliphatic heterocycles. The van der Waals surface area contributed by atoms with Gasteiger partial charge in [0.1, 0.15) is 0 Å². The Bertz CT molecular complexity index is 1210. The SMILES string of the molecule is CCc1cccc(C)c1NC(=O)C(CC)Sc1cccc(NC(=O)c2ccccc2C(=O)O)c1. The third kappa shape index (κ3) is 6.05. The molecular formula is C27H28N2O4S. The Labute approximate surface area is 203 Å². The van der Waals surface area contributed by atoms with Crippen LogP contribution in [0.4, 0.5) is 11.4 Å². The fraction of sp³-hybridized carbons (Fsp3) is 0.222. The molecule has 0 radical (unpaired) electrons. The number of carbonyl (C=O) groups excluding carboxylic acids is 2. The highest BCUT2D eigenvalue weighted by Crippen LogP contribution is 2.30. The van der Waals surface area contributed by atoms with Crippen molar-refractivity contribution >= 4 is 40.9 Å². The molecule has 3 rings (SSSR count). The number of aryl methyl sites for hydroxylation is 2. The van der Waals surface area contributed by atoms with Gasteiger partial charge in [0.2, 0.25) is 5.91 Å². The molecule has 0 bridgehead atoms. The molecule has 7 heteroatoms. The van der Waals surface area contributed by atoms with Gasteiger partial charge in [-0.15, -0.1) is 11.8 Å². The number of carboxylic acid groups (broad SMARTS) is 1. The van der Waals surface area contributed by atoms with E-state index in [2.05, 4.69) is 17.6 Å². The summed E-state index contributed by atoms with van der Waals surface area (Å²) in [5.41, 5.74) is 3.54. The van der Waals surface area contributed by atoms with E-state index in [0.717, 1.165) is 28.1 Å².